The Kier molecular flexibility index (Phi) is 7.05. The van der Waals surface area contributed by atoms with Gasteiger partial charge >= 0.3 is 6.03 Å². The van der Waals surface area contributed by atoms with E-state index < -0.39 is 0 Å². The molecule has 2 aromatic carbocycles. The van der Waals surface area contributed by atoms with Crippen molar-refractivity contribution in [2.24, 2.45) is 0 Å². The largest absolute Gasteiger partial charge is 0.380 e. The fourth-order valence-corrected chi connectivity index (χ4v) is 2.46. The van der Waals surface area contributed by atoms with E-state index in [9.17, 15) is 4.79 Å². The lowest BCUT2D eigenvalue weighted by atomic mass is 10.1. The number of hydrogen-bond donors (Lipinski definition) is 1. The lowest BCUT2D eigenvalue weighted by Gasteiger charge is -2.22. The molecule has 0 unspecified atom stereocenters. The zero-order chi connectivity index (χ0) is 17.2. The SMILES string of the molecule is C=CCN(CCc1ccccc1)C(=O)Nc1ccccc1COC. The quantitative estimate of drug-likeness (QED) is 0.743. The molecular weight excluding hydrogens is 300 g/mol. The first-order chi connectivity index (χ1) is 11.7. The zero-order valence-corrected chi connectivity index (χ0v) is 14.1. The molecule has 0 aliphatic rings. The summed E-state index contributed by atoms with van der Waals surface area (Å²) in [7, 11) is 1.64. The minimum Gasteiger partial charge on any atom is -0.380 e. The van der Waals surface area contributed by atoms with Gasteiger partial charge in [-0.15, -0.1) is 6.58 Å². The number of rotatable bonds is 8. The maximum atomic E-state index is 12.6. The molecule has 0 atom stereocenters. The van der Waals surface area contributed by atoms with Crippen LogP contribution >= 0.6 is 0 Å². The summed E-state index contributed by atoms with van der Waals surface area (Å²) in [5.41, 5.74) is 2.94. The van der Waals surface area contributed by atoms with Crippen LogP contribution in [0.25, 0.3) is 0 Å². The molecule has 0 heterocycles. The van der Waals surface area contributed by atoms with Gasteiger partial charge in [-0.05, 0) is 18.1 Å². The summed E-state index contributed by atoms with van der Waals surface area (Å²) in [4.78, 5) is 14.4. The van der Waals surface area contributed by atoms with Crippen LogP contribution in [0.3, 0.4) is 0 Å². The summed E-state index contributed by atoms with van der Waals surface area (Å²) in [5.74, 6) is 0. The highest BCUT2D eigenvalue weighted by Gasteiger charge is 2.13. The molecule has 2 aromatic rings. The van der Waals surface area contributed by atoms with Gasteiger partial charge in [0.1, 0.15) is 0 Å². The van der Waals surface area contributed by atoms with Crippen LogP contribution in [-0.4, -0.2) is 31.1 Å². The van der Waals surface area contributed by atoms with E-state index in [0.29, 0.717) is 19.7 Å². The Morgan fingerprint density at radius 1 is 1.17 bits per heavy atom. The van der Waals surface area contributed by atoms with Crippen molar-refractivity contribution in [2.45, 2.75) is 13.0 Å². The van der Waals surface area contributed by atoms with Crippen LogP contribution < -0.4 is 5.32 Å². The van der Waals surface area contributed by atoms with E-state index in [-0.39, 0.29) is 6.03 Å². The molecule has 0 bridgehead atoms. The number of carbonyl (C=O) groups excluding carboxylic acids is 1. The van der Waals surface area contributed by atoms with Crippen molar-refractivity contribution in [3.8, 4) is 0 Å². The molecule has 0 saturated carbocycles. The number of nitrogens with zero attached hydrogens (tertiary/aromatic N) is 1. The summed E-state index contributed by atoms with van der Waals surface area (Å²) < 4.78 is 5.18. The normalized spacial score (nSPS) is 10.2. The van der Waals surface area contributed by atoms with E-state index >= 15 is 0 Å². The van der Waals surface area contributed by atoms with E-state index in [4.69, 9.17) is 4.74 Å². The topological polar surface area (TPSA) is 41.6 Å². The van der Waals surface area contributed by atoms with Crippen LogP contribution in [0.4, 0.5) is 10.5 Å². The highest BCUT2D eigenvalue weighted by molar-refractivity contribution is 5.90. The van der Waals surface area contributed by atoms with Gasteiger partial charge in [-0.3, -0.25) is 0 Å². The number of carbonyl (C=O) groups is 1. The molecule has 1 N–H and O–H groups in total. The van der Waals surface area contributed by atoms with Gasteiger partial charge in [0.15, 0.2) is 0 Å². The van der Waals surface area contributed by atoms with Crippen molar-refractivity contribution >= 4 is 11.7 Å². The molecule has 0 spiro atoms. The van der Waals surface area contributed by atoms with Crippen LogP contribution in [0.5, 0.6) is 0 Å². The number of ether oxygens (including phenoxy) is 1. The van der Waals surface area contributed by atoms with E-state index in [1.54, 1.807) is 18.1 Å². The highest BCUT2D eigenvalue weighted by atomic mass is 16.5. The second kappa shape index (κ2) is 9.53. The number of nitrogens with one attached hydrogen (secondary N) is 1. The van der Waals surface area contributed by atoms with Crippen molar-refractivity contribution in [2.75, 3.05) is 25.5 Å². The number of anilines is 1. The van der Waals surface area contributed by atoms with Crippen molar-refractivity contribution in [1.82, 2.24) is 4.90 Å². The minimum absolute atomic E-state index is 0.130. The van der Waals surface area contributed by atoms with Gasteiger partial charge in [-0.1, -0.05) is 54.6 Å². The average Bonchev–Trinajstić information content (AvgIpc) is 2.61. The summed E-state index contributed by atoms with van der Waals surface area (Å²) in [6.07, 6.45) is 2.55. The van der Waals surface area contributed by atoms with Crippen molar-refractivity contribution < 1.29 is 9.53 Å². The van der Waals surface area contributed by atoms with Gasteiger partial charge in [-0.25, -0.2) is 4.79 Å². The van der Waals surface area contributed by atoms with E-state index in [2.05, 4.69) is 24.0 Å². The number of para-hydroxylation sites is 1. The third-order valence-corrected chi connectivity index (χ3v) is 3.71. The first-order valence-corrected chi connectivity index (χ1v) is 8.02. The second-order valence-electron chi connectivity index (χ2n) is 5.49. The second-order valence-corrected chi connectivity index (χ2v) is 5.49. The lowest BCUT2D eigenvalue weighted by Crippen LogP contribution is -2.36. The maximum absolute atomic E-state index is 12.6. The summed E-state index contributed by atoms with van der Waals surface area (Å²) in [6, 6.07) is 17.7. The van der Waals surface area contributed by atoms with Crippen LogP contribution in [0.1, 0.15) is 11.1 Å². The standard InChI is InChI=1S/C20H24N2O2/c1-3-14-22(15-13-17-9-5-4-6-10-17)20(23)21-19-12-8-7-11-18(19)16-24-2/h3-12H,1,13-16H2,2H3,(H,21,23). The fourth-order valence-electron chi connectivity index (χ4n) is 2.46. The monoisotopic (exact) mass is 324 g/mol. The summed E-state index contributed by atoms with van der Waals surface area (Å²) in [6.45, 7) is 5.35. The van der Waals surface area contributed by atoms with E-state index in [1.807, 2.05) is 42.5 Å². The van der Waals surface area contributed by atoms with Crippen LogP contribution in [0, 0.1) is 0 Å². The summed E-state index contributed by atoms with van der Waals surface area (Å²) >= 11 is 0. The molecule has 4 nitrogen and oxygen atoms in total. The number of benzene rings is 2. The van der Waals surface area contributed by atoms with Gasteiger partial charge in [0.05, 0.1) is 6.61 Å². The Hall–Kier alpha value is -2.59. The molecule has 4 heteroatoms. The average molecular weight is 324 g/mol. The number of urea groups is 1. The molecule has 24 heavy (non-hydrogen) atoms. The summed E-state index contributed by atoms with van der Waals surface area (Å²) in [5, 5.41) is 2.98. The first kappa shape index (κ1) is 17.8. The zero-order valence-electron chi connectivity index (χ0n) is 14.1. The van der Waals surface area contributed by atoms with E-state index in [0.717, 1.165) is 17.7 Å². The Morgan fingerprint density at radius 2 is 1.88 bits per heavy atom. The number of methoxy groups -OCH3 is 1. The Labute approximate surface area is 143 Å². The van der Waals surface area contributed by atoms with Crippen molar-refractivity contribution in [3.63, 3.8) is 0 Å². The molecule has 0 fully saturated rings. The molecule has 0 aliphatic heterocycles. The van der Waals surface area contributed by atoms with Gasteiger partial charge in [0, 0.05) is 31.5 Å². The Bertz CT molecular complexity index is 656. The predicted molar refractivity (Wildman–Crippen MR) is 98.1 cm³/mol. The minimum atomic E-state index is -0.130. The molecule has 126 valence electrons. The Morgan fingerprint density at radius 3 is 2.58 bits per heavy atom. The van der Waals surface area contributed by atoms with Crippen molar-refractivity contribution in [3.05, 3.63) is 78.4 Å². The molecule has 0 aromatic heterocycles. The third kappa shape index (κ3) is 5.25. The van der Waals surface area contributed by atoms with E-state index in [1.165, 1.54) is 5.56 Å². The maximum Gasteiger partial charge on any atom is 0.322 e. The van der Waals surface area contributed by atoms with Crippen LogP contribution in [0.15, 0.2) is 67.3 Å². The smallest absolute Gasteiger partial charge is 0.322 e. The molecule has 0 aliphatic carbocycles. The molecule has 2 amide bonds. The van der Waals surface area contributed by atoms with Crippen LogP contribution in [-0.2, 0) is 17.8 Å². The molecule has 2 rings (SSSR count). The van der Waals surface area contributed by atoms with Gasteiger partial charge in [0.2, 0.25) is 0 Å². The Balaban J connectivity index is 2.02. The lowest BCUT2D eigenvalue weighted by molar-refractivity contribution is 0.185. The number of hydrogen-bond acceptors (Lipinski definition) is 2. The first-order valence-electron chi connectivity index (χ1n) is 8.02. The molecular formula is C20H24N2O2. The molecule has 0 radical (unpaired) electrons. The third-order valence-electron chi connectivity index (χ3n) is 3.71. The number of amides is 2. The van der Waals surface area contributed by atoms with Gasteiger partial charge < -0.3 is 15.0 Å². The highest BCUT2D eigenvalue weighted by Crippen LogP contribution is 2.16. The van der Waals surface area contributed by atoms with Gasteiger partial charge in [0.25, 0.3) is 0 Å². The predicted octanol–water partition coefficient (Wildman–Crippen LogP) is 4.10. The van der Waals surface area contributed by atoms with Crippen molar-refractivity contribution in [1.29, 1.82) is 0 Å². The fraction of sp³-hybridized carbons (Fsp3) is 0.250. The van der Waals surface area contributed by atoms with Gasteiger partial charge in [-0.2, -0.15) is 0 Å². The molecule has 0 saturated heterocycles. The van der Waals surface area contributed by atoms with Crippen LogP contribution in [0.2, 0.25) is 0 Å².